The Morgan fingerprint density at radius 1 is 1.24 bits per heavy atom. The van der Waals surface area contributed by atoms with Gasteiger partial charge in [0.2, 0.25) is 0 Å². The normalized spacial score (nSPS) is 18.2. The second-order valence-electron chi connectivity index (χ2n) is 5.88. The average Bonchev–Trinajstić information content (AvgIpc) is 2.97. The van der Waals surface area contributed by atoms with Crippen molar-refractivity contribution in [2.45, 2.75) is 32.8 Å². The fourth-order valence-corrected chi connectivity index (χ4v) is 3.25. The van der Waals surface area contributed by atoms with Crippen LogP contribution in [0.3, 0.4) is 0 Å². The molecule has 1 aromatic carbocycles. The molecule has 1 unspecified atom stereocenters. The van der Waals surface area contributed by atoms with Gasteiger partial charge in [-0.05, 0) is 37.5 Å². The van der Waals surface area contributed by atoms with Crippen molar-refractivity contribution in [3.05, 3.63) is 58.8 Å². The van der Waals surface area contributed by atoms with Crippen LogP contribution in [0.2, 0.25) is 0 Å². The number of hydrogen-bond donors (Lipinski definition) is 1. The molecule has 1 aromatic heterocycles. The summed E-state index contributed by atoms with van der Waals surface area (Å²) in [4.78, 5) is 7.00. The Labute approximate surface area is 126 Å². The van der Waals surface area contributed by atoms with Gasteiger partial charge in [-0.1, -0.05) is 30.3 Å². The van der Waals surface area contributed by atoms with E-state index in [1.54, 1.807) is 0 Å². The van der Waals surface area contributed by atoms with Crippen molar-refractivity contribution >= 4 is 5.82 Å². The first-order chi connectivity index (χ1) is 10.2. The molecular weight excluding hydrogens is 260 g/mol. The summed E-state index contributed by atoms with van der Waals surface area (Å²) in [7, 11) is 0. The molecule has 0 saturated carbocycles. The third-order valence-corrected chi connectivity index (χ3v) is 4.37. The summed E-state index contributed by atoms with van der Waals surface area (Å²) in [5.41, 5.74) is 4.51. The van der Waals surface area contributed by atoms with Gasteiger partial charge in [0.15, 0.2) is 0 Å². The number of rotatable bonds is 3. The number of anilines is 1. The largest absolute Gasteiger partial charge is 0.392 e. The van der Waals surface area contributed by atoms with E-state index < -0.39 is 0 Å². The van der Waals surface area contributed by atoms with E-state index in [2.05, 4.69) is 47.1 Å². The fraction of sp³-hybridized carbons (Fsp3) is 0.389. The lowest BCUT2D eigenvalue weighted by Crippen LogP contribution is -2.23. The zero-order valence-electron chi connectivity index (χ0n) is 12.7. The topological polar surface area (TPSA) is 36.4 Å². The Balaban J connectivity index is 1.87. The molecule has 1 atom stereocenters. The molecule has 1 fully saturated rings. The van der Waals surface area contributed by atoms with Gasteiger partial charge in [0, 0.05) is 30.3 Å². The maximum Gasteiger partial charge on any atom is 0.134 e. The Morgan fingerprint density at radius 2 is 2.00 bits per heavy atom. The standard InChI is InChI=1S/C18H22N2O/c1-13-10-14(2)19-18(17(13)12-21)20-9-8-16(11-20)15-6-4-3-5-7-15/h3-7,10,16,21H,8-9,11-12H2,1-2H3. The van der Waals surface area contributed by atoms with Crippen LogP contribution >= 0.6 is 0 Å². The molecule has 1 N–H and O–H groups in total. The van der Waals surface area contributed by atoms with Gasteiger partial charge in [0.25, 0.3) is 0 Å². The minimum atomic E-state index is 0.0565. The highest BCUT2D eigenvalue weighted by Gasteiger charge is 2.26. The number of aliphatic hydroxyl groups is 1. The summed E-state index contributed by atoms with van der Waals surface area (Å²) in [6.45, 7) is 6.10. The molecule has 0 radical (unpaired) electrons. The first kappa shape index (κ1) is 14.1. The Hall–Kier alpha value is -1.87. The molecule has 2 heterocycles. The van der Waals surface area contributed by atoms with E-state index in [4.69, 9.17) is 0 Å². The average molecular weight is 282 g/mol. The highest BCUT2D eigenvalue weighted by molar-refractivity contribution is 5.52. The van der Waals surface area contributed by atoms with Crippen molar-refractivity contribution in [3.63, 3.8) is 0 Å². The van der Waals surface area contributed by atoms with E-state index in [-0.39, 0.29) is 6.61 Å². The first-order valence-electron chi connectivity index (χ1n) is 7.57. The maximum absolute atomic E-state index is 9.67. The van der Waals surface area contributed by atoms with E-state index in [9.17, 15) is 5.11 Å². The summed E-state index contributed by atoms with van der Waals surface area (Å²) in [6, 6.07) is 12.7. The van der Waals surface area contributed by atoms with Crippen molar-refractivity contribution in [1.82, 2.24) is 4.98 Å². The number of nitrogens with zero attached hydrogens (tertiary/aromatic N) is 2. The van der Waals surface area contributed by atoms with Gasteiger partial charge >= 0.3 is 0 Å². The fourth-order valence-electron chi connectivity index (χ4n) is 3.25. The van der Waals surface area contributed by atoms with Crippen LogP contribution in [0.1, 0.15) is 34.7 Å². The quantitative estimate of drug-likeness (QED) is 0.939. The van der Waals surface area contributed by atoms with Crippen molar-refractivity contribution in [2.75, 3.05) is 18.0 Å². The van der Waals surface area contributed by atoms with E-state index >= 15 is 0 Å². The molecule has 2 aromatic rings. The van der Waals surface area contributed by atoms with Crippen molar-refractivity contribution in [2.24, 2.45) is 0 Å². The molecule has 0 amide bonds. The van der Waals surface area contributed by atoms with Gasteiger partial charge in [-0.3, -0.25) is 0 Å². The summed E-state index contributed by atoms with van der Waals surface area (Å²) in [5.74, 6) is 1.52. The van der Waals surface area contributed by atoms with Crippen LogP contribution in [0, 0.1) is 13.8 Å². The lowest BCUT2D eigenvalue weighted by atomic mass is 9.99. The molecule has 1 aliphatic heterocycles. The predicted octanol–water partition coefficient (Wildman–Crippen LogP) is 3.18. The van der Waals surface area contributed by atoms with E-state index in [0.717, 1.165) is 42.1 Å². The van der Waals surface area contributed by atoms with Gasteiger partial charge in [0.05, 0.1) is 6.61 Å². The summed E-state index contributed by atoms with van der Waals surface area (Å²) in [6.07, 6.45) is 1.14. The molecule has 1 saturated heterocycles. The van der Waals surface area contributed by atoms with E-state index in [0.29, 0.717) is 5.92 Å². The molecule has 0 spiro atoms. The van der Waals surface area contributed by atoms with Crippen LogP contribution < -0.4 is 4.90 Å². The highest BCUT2D eigenvalue weighted by atomic mass is 16.3. The van der Waals surface area contributed by atoms with Crippen LogP contribution in [0.25, 0.3) is 0 Å². The molecule has 3 heteroatoms. The minimum Gasteiger partial charge on any atom is -0.392 e. The molecule has 110 valence electrons. The molecule has 3 rings (SSSR count). The summed E-state index contributed by atoms with van der Waals surface area (Å²) < 4.78 is 0. The number of aryl methyl sites for hydroxylation is 2. The zero-order valence-corrected chi connectivity index (χ0v) is 12.7. The first-order valence-corrected chi connectivity index (χ1v) is 7.57. The molecule has 1 aliphatic rings. The monoisotopic (exact) mass is 282 g/mol. The van der Waals surface area contributed by atoms with Crippen LogP contribution in [-0.2, 0) is 6.61 Å². The zero-order chi connectivity index (χ0) is 14.8. The van der Waals surface area contributed by atoms with Gasteiger partial charge in [0.1, 0.15) is 5.82 Å². The Bertz CT molecular complexity index is 625. The number of pyridine rings is 1. The minimum absolute atomic E-state index is 0.0565. The maximum atomic E-state index is 9.67. The SMILES string of the molecule is Cc1cc(C)c(CO)c(N2CCC(c3ccccc3)C2)n1. The number of aromatic nitrogens is 1. The van der Waals surface area contributed by atoms with Crippen LogP contribution in [0.15, 0.2) is 36.4 Å². The number of benzene rings is 1. The van der Waals surface area contributed by atoms with E-state index in [1.807, 2.05) is 13.0 Å². The molecule has 0 aliphatic carbocycles. The molecule has 0 bridgehead atoms. The van der Waals surface area contributed by atoms with Gasteiger partial charge < -0.3 is 10.0 Å². The van der Waals surface area contributed by atoms with E-state index in [1.165, 1.54) is 5.56 Å². The van der Waals surface area contributed by atoms with Gasteiger partial charge in [-0.2, -0.15) is 0 Å². The lowest BCUT2D eigenvalue weighted by molar-refractivity contribution is 0.281. The number of hydrogen-bond acceptors (Lipinski definition) is 3. The van der Waals surface area contributed by atoms with Crippen molar-refractivity contribution in [3.8, 4) is 0 Å². The highest BCUT2D eigenvalue weighted by Crippen LogP contribution is 2.32. The number of aliphatic hydroxyl groups excluding tert-OH is 1. The van der Waals surface area contributed by atoms with Crippen LogP contribution in [0.5, 0.6) is 0 Å². The second kappa shape index (κ2) is 5.86. The molecule has 21 heavy (non-hydrogen) atoms. The predicted molar refractivity (Wildman–Crippen MR) is 85.6 cm³/mol. The smallest absolute Gasteiger partial charge is 0.134 e. The lowest BCUT2D eigenvalue weighted by Gasteiger charge is -2.22. The van der Waals surface area contributed by atoms with Gasteiger partial charge in [-0.25, -0.2) is 4.98 Å². The second-order valence-corrected chi connectivity index (χ2v) is 5.88. The summed E-state index contributed by atoms with van der Waals surface area (Å²) in [5, 5.41) is 9.67. The van der Waals surface area contributed by atoms with Crippen LogP contribution in [0.4, 0.5) is 5.82 Å². The Morgan fingerprint density at radius 3 is 2.71 bits per heavy atom. The van der Waals surface area contributed by atoms with Crippen molar-refractivity contribution in [1.29, 1.82) is 0 Å². The Kier molecular flexibility index (Phi) is 3.93. The molecular formula is C18H22N2O. The van der Waals surface area contributed by atoms with Crippen molar-refractivity contribution < 1.29 is 5.11 Å². The van der Waals surface area contributed by atoms with Crippen LogP contribution in [-0.4, -0.2) is 23.2 Å². The third-order valence-electron chi connectivity index (χ3n) is 4.37. The third kappa shape index (κ3) is 2.79. The van der Waals surface area contributed by atoms with Gasteiger partial charge in [-0.15, -0.1) is 0 Å². The summed E-state index contributed by atoms with van der Waals surface area (Å²) >= 11 is 0. The molecule has 3 nitrogen and oxygen atoms in total.